The molecule has 0 aromatic heterocycles. The van der Waals surface area contributed by atoms with E-state index in [0.717, 1.165) is 43.9 Å². The van der Waals surface area contributed by atoms with Gasteiger partial charge >= 0.3 is 0 Å². The summed E-state index contributed by atoms with van der Waals surface area (Å²) in [6.45, 7) is 0. The van der Waals surface area contributed by atoms with Gasteiger partial charge in [0.1, 0.15) is 11.6 Å². The van der Waals surface area contributed by atoms with Crippen molar-refractivity contribution in [2.24, 2.45) is 5.92 Å². The van der Waals surface area contributed by atoms with Crippen molar-refractivity contribution in [2.75, 3.05) is 5.88 Å². The van der Waals surface area contributed by atoms with E-state index in [1.54, 1.807) is 0 Å². The Kier molecular flexibility index (Phi) is 4.75. The lowest BCUT2D eigenvalue weighted by Gasteiger charge is -2.30. The van der Waals surface area contributed by atoms with E-state index in [0.29, 0.717) is 5.88 Å². The number of hydrogen-bond donors (Lipinski definition) is 1. The molecule has 1 amide bonds. The van der Waals surface area contributed by atoms with Gasteiger partial charge in [-0.3, -0.25) is 4.79 Å². The third kappa shape index (κ3) is 3.66. The van der Waals surface area contributed by atoms with Crippen molar-refractivity contribution < 1.29 is 13.6 Å². The van der Waals surface area contributed by atoms with Crippen LogP contribution in [0.15, 0.2) is 18.2 Å². The van der Waals surface area contributed by atoms with Crippen molar-refractivity contribution in [1.29, 1.82) is 0 Å². The summed E-state index contributed by atoms with van der Waals surface area (Å²) in [5.41, 5.74) is 0.0106. The van der Waals surface area contributed by atoms with E-state index in [-0.39, 0.29) is 17.5 Å². The van der Waals surface area contributed by atoms with Crippen molar-refractivity contribution >= 4 is 17.5 Å². The van der Waals surface area contributed by atoms with Crippen LogP contribution in [-0.2, 0) is 0 Å². The third-order valence-electron chi connectivity index (χ3n) is 3.55. The summed E-state index contributed by atoms with van der Waals surface area (Å²) >= 11 is 5.88. The first-order chi connectivity index (χ1) is 9.10. The number of alkyl halides is 1. The average Bonchev–Trinajstić information content (AvgIpc) is 2.38. The summed E-state index contributed by atoms with van der Waals surface area (Å²) in [4.78, 5) is 12.0. The molecule has 1 aromatic rings. The molecule has 1 aromatic carbocycles. The Bertz CT molecular complexity index is 447. The Balaban J connectivity index is 2.07. The van der Waals surface area contributed by atoms with Crippen LogP contribution >= 0.6 is 11.6 Å². The number of nitrogens with one attached hydrogen (secondary N) is 1. The molecule has 2 atom stereocenters. The molecule has 2 nitrogen and oxygen atoms in total. The Morgan fingerprint density at radius 3 is 2.47 bits per heavy atom. The van der Waals surface area contributed by atoms with Crippen molar-refractivity contribution in [3.63, 3.8) is 0 Å². The van der Waals surface area contributed by atoms with E-state index >= 15 is 0 Å². The van der Waals surface area contributed by atoms with Gasteiger partial charge in [-0.25, -0.2) is 8.78 Å². The predicted octanol–water partition coefficient (Wildman–Crippen LogP) is 3.49. The minimum absolute atomic E-state index is 0.00919. The summed E-state index contributed by atoms with van der Waals surface area (Å²) < 4.78 is 26.1. The summed E-state index contributed by atoms with van der Waals surface area (Å²) in [5, 5.41) is 2.83. The first kappa shape index (κ1) is 14.3. The molecule has 1 fully saturated rings. The zero-order chi connectivity index (χ0) is 13.8. The Labute approximate surface area is 116 Å². The van der Waals surface area contributed by atoms with Crippen LogP contribution in [-0.4, -0.2) is 17.8 Å². The standard InChI is InChI=1S/C14H16ClF2NO/c15-8-9-3-1-2-4-13(9)18-14(19)10-5-11(16)7-12(17)6-10/h5-7,9,13H,1-4,8H2,(H,18,19). The molecular formula is C14H16ClF2NO. The smallest absolute Gasteiger partial charge is 0.251 e. The van der Waals surface area contributed by atoms with Crippen LogP contribution < -0.4 is 5.32 Å². The van der Waals surface area contributed by atoms with Crippen molar-refractivity contribution in [2.45, 2.75) is 31.7 Å². The summed E-state index contributed by atoms with van der Waals surface area (Å²) in [6, 6.07) is 2.82. The third-order valence-corrected chi connectivity index (χ3v) is 3.94. The van der Waals surface area contributed by atoms with E-state index < -0.39 is 17.5 Å². The minimum atomic E-state index is -0.748. The van der Waals surface area contributed by atoms with E-state index in [4.69, 9.17) is 11.6 Å². The lowest BCUT2D eigenvalue weighted by atomic mass is 9.85. The quantitative estimate of drug-likeness (QED) is 0.847. The van der Waals surface area contributed by atoms with Crippen LogP contribution in [0, 0.1) is 17.6 Å². The molecule has 1 aliphatic carbocycles. The number of rotatable bonds is 3. The first-order valence-corrected chi connectivity index (χ1v) is 6.96. The number of benzene rings is 1. The fourth-order valence-electron chi connectivity index (χ4n) is 2.52. The lowest BCUT2D eigenvalue weighted by Crippen LogP contribution is -2.42. The van der Waals surface area contributed by atoms with Crippen molar-refractivity contribution in [3.05, 3.63) is 35.4 Å². The highest BCUT2D eigenvalue weighted by Crippen LogP contribution is 2.25. The van der Waals surface area contributed by atoms with Gasteiger partial charge in [0.05, 0.1) is 0 Å². The maximum Gasteiger partial charge on any atom is 0.251 e. The van der Waals surface area contributed by atoms with Crippen LogP contribution in [0.25, 0.3) is 0 Å². The van der Waals surface area contributed by atoms with Gasteiger partial charge in [0.15, 0.2) is 0 Å². The van der Waals surface area contributed by atoms with Crippen LogP contribution in [0.1, 0.15) is 36.0 Å². The second-order valence-electron chi connectivity index (χ2n) is 4.94. The summed E-state index contributed by atoms with van der Waals surface area (Å²) in [5.74, 6) is -1.22. The summed E-state index contributed by atoms with van der Waals surface area (Å²) in [7, 11) is 0. The Morgan fingerprint density at radius 1 is 1.21 bits per heavy atom. The van der Waals surface area contributed by atoms with Crippen LogP contribution in [0.4, 0.5) is 8.78 Å². The number of amides is 1. The molecule has 0 bridgehead atoms. The van der Waals surface area contributed by atoms with Crippen molar-refractivity contribution in [1.82, 2.24) is 5.32 Å². The number of carbonyl (C=O) groups excluding carboxylic acids is 1. The molecule has 0 radical (unpaired) electrons. The number of halogens is 3. The van der Waals surface area contributed by atoms with E-state index in [1.807, 2.05) is 0 Å². The largest absolute Gasteiger partial charge is 0.349 e. The fraction of sp³-hybridized carbons (Fsp3) is 0.500. The highest BCUT2D eigenvalue weighted by molar-refractivity contribution is 6.18. The van der Waals surface area contributed by atoms with Gasteiger partial charge in [0.25, 0.3) is 5.91 Å². The molecule has 5 heteroatoms. The van der Waals surface area contributed by atoms with Gasteiger partial charge in [-0.1, -0.05) is 12.8 Å². The van der Waals surface area contributed by atoms with E-state index in [1.165, 1.54) is 0 Å². The molecule has 1 aliphatic rings. The molecule has 0 heterocycles. The fourth-order valence-corrected chi connectivity index (χ4v) is 2.89. The topological polar surface area (TPSA) is 29.1 Å². The Hall–Kier alpha value is -1.16. The molecule has 19 heavy (non-hydrogen) atoms. The monoisotopic (exact) mass is 287 g/mol. The minimum Gasteiger partial charge on any atom is -0.349 e. The van der Waals surface area contributed by atoms with Gasteiger partial charge in [-0.2, -0.15) is 0 Å². The van der Waals surface area contributed by atoms with Gasteiger partial charge in [0.2, 0.25) is 0 Å². The van der Waals surface area contributed by atoms with Crippen LogP contribution in [0.5, 0.6) is 0 Å². The zero-order valence-electron chi connectivity index (χ0n) is 10.5. The van der Waals surface area contributed by atoms with Crippen LogP contribution in [0.3, 0.4) is 0 Å². The maximum atomic E-state index is 13.1. The highest BCUT2D eigenvalue weighted by Gasteiger charge is 2.26. The van der Waals surface area contributed by atoms with Crippen LogP contribution in [0.2, 0.25) is 0 Å². The highest BCUT2D eigenvalue weighted by atomic mass is 35.5. The maximum absolute atomic E-state index is 13.1. The molecule has 1 saturated carbocycles. The van der Waals surface area contributed by atoms with E-state index in [2.05, 4.69) is 5.32 Å². The lowest BCUT2D eigenvalue weighted by molar-refractivity contribution is 0.0910. The van der Waals surface area contributed by atoms with Crippen molar-refractivity contribution in [3.8, 4) is 0 Å². The molecule has 0 saturated heterocycles. The molecule has 0 spiro atoms. The van der Waals surface area contributed by atoms with Gasteiger partial charge < -0.3 is 5.32 Å². The SMILES string of the molecule is O=C(NC1CCCCC1CCl)c1cc(F)cc(F)c1. The van der Waals surface area contributed by atoms with Gasteiger partial charge in [-0.05, 0) is 30.9 Å². The Morgan fingerprint density at radius 2 is 1.84 bits per heavy atom. The average molecular weight is 288 g/mol. The molecule has 0 aliphatic heterocycles. The van der Waals surface area contributed by atoms with Gasteiger partial charge in [-0.15, -0.1) is 11.6 Å². The van der Waals surface area contributed by atoms with E-state index in [9.17, 15) is 13.6 Å². The molecule has 1 N–H and O–H groups in total. The predicted molar refractivity (Wildman–Crippen MR) is 70.3 cm³/mol. The number of hydrogen-bond acceptors (Lipinski definition) is 1. The molecule has 2 rings (SSSR count). The summed E-state index contributed by atoms with van der Waals surface area (Å²) in [6.07, 6.45) is 3.99. The first-order valence-electron chi connectivity index (χ1n) is 6.43. The molecule has 104 valence electrons. The molecule has 2 unspecified atom stereocenters. The second-order valence-corrected chi connectivity index (χ2v) is 5.25. The zero-order valence-corrected chi connectivity index (χ0v) is 11.2. The second kappa shape index (κ2) is 6.33. The normalized spacial score (nSPS) is 23.1. The number of carbonyl (C=O) groups is 1. The molecular weight excluding hydrogens is 272 g/mol. The van der Waals surface area contributed by atoms with Gasteiger partial charge in [0, 0.05) is 23.6 Å².